The third-order valence-electron chi connectivity index (χ3n) is 6.88. The second kappa shape index (κ2) is 9.40. The van der Waals surface area contributed by atoms with Gasteiger partial charge in [0.05, 0.1) is 22.4 Å². The van der Waals surface area contributed by atoms with Crippen molar-refractivity contribution < 1.29 is 0 Å². The highest BCUT2D eigenvalue weighted by molar-refractivity contribution is 9.10. The van der Waals surface area contributed by atoms with E-state index in [0.29, 0.717) is 5.82 Å². The summed E-state index contributed by atoms with van der Waals surface area (Å²) in [5.41, 5.74) is 8.40. The molecule has 0 aliphatic carbocycles. The SMILES string of the molecule is Brc1ccc2c(c1)c1ccccc1n2-c1ccc(-c2nc(-c3ccccc3)cc(-c3ccccc3)n2)cc1. The van der Waals surface area contributed by atoms with Gasteiger partial charge in [-0.25, -0.2) is 9.97 Å². The van der Waals surface area contributed by atoms with Crippen LogP contribution in [0.2, 0.25) is 0 Å². The van der Waals surface area contributed by atoms with Gasteiger partial charge in [-0.2, -0.15) is 0 Å². The first-order chi connectivity index (χ1) is 18.7. The van der Waals surface area contributed by atoms with Gasteiger partial charge in [0.2, 0.25) is 0 Å². The molecule has 2 aromatic heterocycles. The Bertz CT molecular complexity index is 1850. The molecular weight excluding hydrogens is 530 g/mol. The summed E-state index contributed by atoms with van der Waals surface area (Å²) >= 11 is 3.64. The van der Waals surface area contributed by atoms with Crippen LogP contribution in [0.3, 0.4) is 0 Å². The van der Waals surface area contributed by atoms with Gasteiger partial charge < -0.3 is 4.57 Å². The predicted octanol–water partition coefficient (Wildman–Crippen LogP) is 9.34. The van der Waals surface area contributed by atoms with Crippen LogP contribution in [0, 0.1) is 0 Å². The Balaban J connectivity index is 1.37. The van der Waals surface area contributed by atoms with Gasteiger partial charge in [-0.3, -0.25) is 0 Å². The van der Waals surface area contributed by atoms with Gasteiger partial charge in [0.1, 0.15) is 0 Å². The number of hydrogen-bond donors (Lipinski definition) is 0. The number of aromatic nitrogens is 3. The molecule has 7 rings (SSSR count). The number of benzene rings is 5. The first-order valence-corrected chi connectivity index (χ1v) is 13.3. The Hall–Kier alpha value is -4.54. The van der Waals surface area contributed by atoms with E-state index in [1.807, 2.05) is 36.4 Å². The Morgan fingerprint density at radius 3 is 1.71 bits per heavy atom. The lowest BCUT2D eigenvalue weighted by Gasteiger charge is -2.11. The molecule has 0 bridgehead atoms. The first kappa shape index (κ1) is 22.6. The molecular formula is C34H22BrN3. The maximum Gasteiger partial charge on any atom is 0.160 e. The zero-order valence-electron chi connectivity index (χ0n) is 20.4. The van der Waals surface area contributed by atoms with Crippen LogP contribution in [-0.2, 0) is 0 Å². The molecule has 0 aliphatic heterocycles. The standard InChI is InChI=1S/C34H22BrN3/c35-26-17-20-33-29(21-26)28-13-7-8-14-32(28)38(33)27-18-15-25(16-19-27)34-36-30(23-9-3-1-4-10-23)22-31(37-34)24-11-5-2-6-12-24/h1-22H. The maximum atomic E-state index is 4.98. The fourth-order valence-corrected chi connectivity index (χ4v) is 5.43. The van der Waals surface area contributed by atoms with Crippen molar-refractivity contribution in [1.82, 2.24) is 14.5 Å². The lowest BCUT2D eigenvalue weighted by molar-refractivity contribution is 1.16. The zero-order valence-corrected chi connectivity index (χ0v) is 22.0. The van der Waals surface area contributed by atoms with Crippen molar-refractivity contribution in [3.63, 3.8) is 0 Å². The van der Waals surface area contributed by atoms with Gasteiger partial charge in [0.15, 0.2) is 5.82 Å². The van der Waals surface area contributed by atoms with E-state index < -0.39 is 0 Å². The molecule has 0 spiro atoms. The van der Waals surface area contributed by atoms with Crippen molar-refractivity contribution in [3.05, 3.63) is 138 Å². The van der Waals surface area contributed by atoms with Crippen LogP contribution >= 0.6 is 15.9 Å². The fourth-order valence-electron chi connectivity index (χ4n) is 5.07. The maximum absolute atomic E-state index is 4.98. The van der Waals surface area contributed by atoms with Gasteiger partial charge in [-0.1, -0.05) is 94.8 Å². The van der Waals surface area contributed by atoms with Gasteiger partial charge in [-0.05, 0) is 54.6 Å². The molecule has 2 heterocycles. The zero-order chi connectivity index (χ0) is 25.5. The largest absolute Gasteiger partial charge is 0.309 e. The molecule has 0 aliphatic rings. The van der Waals surface area contributed by atoms with Gasteiger partial charge in [-0.15, -0.1) is 0 Å². The molecule has 0 saturated carbocycles. The van der Waals surface area contributed by atoms with E-state index >= 15 is 0 Å². The van der Waals surface area contributed by atoms with Crippen molar-refractivity contribution in [3.8, 4) is 39.6 Å². The average Bonchev–Trinajstić information content (AvgIpc) is 3.31. The highest BCUT2D eigenvalue weighted by Gasteiger charge is 2.14. The molecule has 38 heavy (non-hydrogen) atoms. The number of halogens is 1. The van der Waals surface area contributed by atoms with E-state index in [9.17, 15) is 0 Å². The van der Waals surface area contributed by atoms with Crippen molar-refractivity contribution in [2.24, 2.45) is 0 Å². The van der Waals surface area contributed by atoms with E-state index in [1.165, 1.54) is 21.8 Å². The lowest BCUT2D eigenvalue weighted by atomic mass is 10.1. The van der Waals surface area contributed by atoms with E-state index in [4.69, 9.17) is 9.97 Å². The summed E-state index contributed by atoms with van der Waals surface area (Å²) in [5, 5.41) is 2.46. The summed E-state index contributed by atoms with van der Waals surface area (Å²) in [6, 6.07) is 46.2. The van der Waals surface area contributed by atoms with Gasteiger partial charge in [0, 0.05) is 37.6 Å². The molecule has 0 fully saturated rings. The Kier molecular flexibility index (Phi) is 5.60. The molecule has 0 amide bonds. The predicted molar refractivity (Wildman–Crippen MR) is 160 cm³/mol. The number of rotatable bonds is 4. The first-order valence-electron chi connectivity index (χ1n) is 12.5. The third kappa shape index (κ3) is 4.00. The van der Waals surface area contributed by atoms with Gasteiger partial charge >= 0.3 is 0 Å². The van der Waals surface area contributed by atoms with E-state index in [0.717, 1.165) is 38.2 Å². The molecule has 3 nitrogen and oxygen atoms in total. The molecule has 0 radical (unpaired) electrons. The van der Waals surface area contributed by atoms with E-state index in [2.05, 4.69) is 118 Å². The Morgan fingerprint density at radius 1 is 0.474 bits per heavy atom. The quantitative estimate of drug-likeness (QED) is 0.218. The average molecular weight is 552 g/mol. The second-order valence-electron chi connectivity index (χ2n) is 9.25. The summed E-state index contributed by atoms with van der Waals surface area (Å²) in [6.07, 6.45) is 0. The van der Waals surface area contributed by atoms with E-state index in [-0.39, 0.29) is 0 Å². The number of nitrogens with zero attached hydrogens (tertiary/aromatic N) is 3. The lowest BCUT2D eigenvalue weighted by Crippen LogP contribution is -1.97. The van der Waals surface area contributed by atoms with E-state index in [1.54, 1.807) is 0 Å². The molecule has 0 N–H and O–H groups in total. The summed E-state index contributed by atoms with van der Waals surface area (Å²) in [7, 11) is 0. The molecule has 5 aromatic carbocycles. The number of fused-ring (bicyclic) bond motifs is 3. The molecule has 0 unspecified atom stereocenters. The van der Waals surface area contributed by atoms with Crippen LogP contribution in [0.5, 0.6) is 0 Å². The molecule has 0 saturated heterocycles. The molecule has 7 aromatic rings. The van der Waals surface area contributed by atoms with Crippen molar-refractivity contribution in [1.29, 1.82) is 0 Å². The third-order valence-corrected chi connectivity index (χ3v) is 7.38. The van der Waals surface area contributed by atoms with Crippen LogP contribution in [0.15, 0.2) is 138 Å². The van der Waals surface area contributed by atoms with Crippen molar-refractivity contribution >= 4 is 37.7 Å². The van der Waals surface area contributed by atoms with Gasteiger partial charge in [0.25, 0.3) is 0 Å². The highest BCUT2D eigenvalue weighted by Crippen LogP contribution is 2.34. The monoisotopic (exact) mass is 551 g/mol. The van der Waals surface area contributed by atoms with Crippen LogP contribution in [-0.4, -0.2) is 14.5 Å². The van der Waals surface area contributed by atoms with Crippen LogP contribution in [0.1, 0.15) is 0 Å². The normalized spacial score (nSPS) is 11.3. The highest BCUT2D eigenvalue weighted by atomic mass is 79.9. The molecule has 4 heteroatoms. The minimum Gasteiger partial charge on any atom is -0.309 e. The van der Waals surface area contributed by atoms with Crippen LogP contribution in [0.25, 0.3) is 61.4 Å². The summed E-state index contributed by atoms with van der Waals surface area (Å²) < 4.78 is 3.39. The summed E-state index contributed by atoms with van der Waals surface area (Å²) in [4.78, 5) is 9.96. The van der Waals surface area contributed by atoms with Crippen LogP contribution < -0.4 is 0 Å². The summed E-state index contributed by atoms with van der Waals surface area (Å²) in [5.74, 6) is 0.711. The number of para-hydroxylation sites is 1. The topological polar surface area (TPSA) is 30.7 Å². The number of hydrogen-bond acceptors (Lipinski definition) is 2. The smallest absolute Gasteiger partial charge is 0.160 e. The fraction of sp³-hybridized carbons (Fsp3) is 0. The summed E-state index contributed by atoms with van der Waals surface area (Å²) in [6.45, 7) is 0. The minimum absolute atomic E-state index is 0.711. The Morgan fingerprint density at radius 2 is 1.05 bits per heavy atom. The molecule has 180 valence electrons. The van der Waals surface area contributed by atoms with Crippen molar-refractivity contribution in [2.75, 3.05) is 0 Å². The molecule has 0 atom stereocenters. The van der Waals surface area contributed by atoms with Crippen molar-refractivity contribution in [2.45, 2.75) is 0 Å². The Labute approximate surface area is 229 Å². The minimum atomic E-state index is 0.711. The second-order valence-corrected chi connectivity index (χ2v) is 10.2. The van der Waals surface area contributed by atoms with Crippen LogP contribution in [0.4, 0.5) is 0 Å².